The first kappa shape index (κ1) is 19.2. The smallest absolute Gasteiger partial charge is 0.329 e. The van der Waals surface area contributed by atoms with Crippen LogP contribution in [0.5, 0.6) is 0 Å². The van der Waals surface area contributed by atoms with E-state index in [4.69, 9.17) is 4.74 Å². The third-order valence-corrected chi connectivity index (χ3v) is 3.72. The third-order valence-electron chi connectivity index (χ3n) is 3.72. The number of rotatable bonds is 6. The van der Waals surface area contributed by atoms with Crippen LogP contribution in [0, 0.1) is 6.92 Å². The number of nitrogens with one attached hydrogen (secondary N) is 2. The molecular formula is C20H22N2O4. The van der Waals surface area contributed by atoms with Crippen molar-refractivity contribution in [1.29, 1.82) is 0 Å². The van der Waals surface area contributed by atoms with Gasteiger partial charge in [-0.3, -0.25) is 9.59 Å². The minimum Gasteiger partial charge on any atom is -0.451 e. The van der Waals surface area contributed by atoms with Crippen LogP contribution < -0.4 is 10.6 Å². The number of aryl methyl sites for hydroxylation is 1. The molecule has 0 aliphatic carbocycles. The Kier molecular flexibility index (Phi) is 6.49. The Bertz CT molecular complexity index is 772. The van der Waals surface area contributed by atoms with Crippen molar-refractivity contribution in [2.24, 2.45) is 0 Å². The van der Waals surface area contributed by atoms with E-state index >= 15 is 0 Å². The van der Waals surface area contributed by atoms with Gasteiger partial charge in [-0.15, -0.1) is 0 Å². The van der Waals surface area contributed by atoms with Crippen LogP contribution in [-0.2, 0) is 14.3 Å². The molecule has 2 atom stereocenters. The summed E-state index contributed by atoms with van der Waals surface area (Å²) < 4.78 is 5.14. The molecule has 0 radical (unpaired) electrons. The molecule has 2 aromatic carbocycles. The fourth-order valence-electron chi connectivity index (χ4n) is 2.14. The summed E-state index contributed by atoms with van der Waals surface area (Å²) in [5.41, 5.74) is 2.14. The van der Waals surface area contributed by atoms with E-state index in [1.165, 1.54) is 13.8 Å². The molecule has 2 rings (SSSR count). The zero-order valence-corrected chi connectivity index (χ0v) is 15.0. The van der Waals surface area contributed by atoms with Crippen molar-refractivity contribution in [1.82, 2.24) is 5.32 Å². The second-order valence-electron chi connectivity index (χ2n) is 6.00. The maximum absolute atomic E-state index is 12.1. The van der Waals surface area contributed by atoms with E-state index in [1.54, 1.807) is 42.5 Å². The molecule has 0 saturated carbocycles. The average molecular weight is 354 g/mol. The van der Waals surface area contributed by atoms with Crippen LogP contribution in [0.25, 0.3) is 0 Å². The summed E-state index contributed by atoms with van der Waals surface area (Å²) in [4.78, 5) is 36.3. The predicted octanol–water partition coefficient (Wildman–Crippen LogP) is 2.68. The van der Waals surface area contributed by atoms with Gasteiger partial charge in [0.05, 0.1) is 0 Å². The monoisotopic (exact) mass is 354 g/mol. The largest absolute Gasteiger partial charge is 0.451 e. The Morgan fingerprint density at radius 1 is 0.923 bits per heavy atom. The maximum atomic E-state index is 12.1. The molecule has 26 heavy (non-hydrogen) atoms. The molecule has 0 aromatic heterocycles. The summed E-state index contributed by atoms with van der Waals surface area (Å²) in [6.07, 6.45) is -0.986. The zero-order chi connectivity index (χ0) is 19.1. The first-order valence-electron chi connectivity index (χ1n) is 8.30. The van der Waals surface area contributed by atoms with Gasteiger partial charge in [0.2, 0.25) is 0 Å². The maximum Gasteiger partial charge on any atom is 0.329 e. The van der Waals surface area contributed by atoms with E-state index in [-0.39, 0.29) is 5.91 Å². The van der Waals surface area contributed by atoms with E-state index in [0.29, 0.717) is 11.3 Å². The minimum atomic E-state index is -0.986. The number of amides is 2. The fourth-order valence-corrected chi connectivity index (χ4v) is 2.14. The molecule has 6 heteroatoms. The summed E-state index contributed by atoms with van der Waals surface area (Å²) in [5.74, 6) is -1.50. The number of ether oxygens (including phenoxy) is 1. The second kappa shape index (κ2) is 8.80. The van der Waals surface area contributed by atoms with Crippen molar-refractivity contribution in [3.63, 3.8) is 0 Å². The van der Waals surface area contributed by atoms with Crippen LogP contribution in [0.15, 0.2) is 54.6 Å². The van der Waals surface area contributed by atoms with E-state index in [9.17, 15) is 14.4 Å². The number of hydrogen-bond donors (Lipinski definition) is 2. The SMILES string of the molecule is Cc1ccc(NC(=O)[C@@H](C)OC(=O)[C@H](C)NC(=O)c2ccccc2)cc1. The van der Waals surface area contributed by atoms with Crippen LogP contribution in [0.4, 0.5) is 5.69 Å². The van der Waals surface area contributed by atoms with Crippen LogP contribution in [0.3, 0.4) is 0 Å². The lowest BCUT2D eigenvalue weighted by atomic mass is 10.2. The summed E-state index contributed by atoms with van der Waals surface area (Å²) in [5, 5.41) is 5.23. The second-order valence-corrected chi connectivity index (χ2v) is 6.00. The molecule has 0 spiro atoms. The Balaban J connectivity index is 1.86. The Labute approximate surface area is 152 Å². The molecule has 136 valence electrons. The zero-order valence-electron chi connectivity index (χ0n) is 15.0. The molecule has 0 unspecified atom stereocenters. The van der Waals surface area contributed by atoms with Crippen molar-refractivity contribution >= 4 is 23.5 Å². The topological polar surface area (TPSA) is 84.5 Å². The molecule has 2 amide bonds. The Morgan fingerprint density at radius 2 is 1.54 bits per heavy atom. The average Bonchev–Trinajstić information content (AvgIpc) is 2.64. The molecule has 0 saturated heterocycles. The van der Waals surface area contributed by atoms with Crippen molar-refractivity contribution in [3.05, 3.63) is 65.7 Å². The summed E-state index contributed by atoms with van der Waals surface area (Å²) in [7, 11) is 0. The molecule has 0 aliphatic rings. The van der Waals surface area contributed by atoms with Gasteiger partial charge in [-0.1, -0.05) is 35.9 Å². The summed E-state index contributed by atoms with van der Waals surface area (Å²) >= 11 is 0. The Hall–Kier alpha value is -3.15. The number of anilines is 1. The van der Waals surface area contributed by atoms with Gasteiger partial charge in [0.1, 0.15) is 6.04 Å². The molecular weight excluding hydrogens is 332 g/mol. The van der Waals surface area contributed by atoms with Gasteiger partial charge in [-0.05, 0) is 45.0 Å². The normalized spacial score (nSPS) is 12.6. The lowest BCUT2D eigenvalue weighted by molar-refractivity contribution is -0.154. The summed E-state index contributed by atoms with van der Waals surface area (Å²) in [6.45, 7) is 4.93. The lowest BCUT2D eigenvalue weighted by Crippen LogP contribution is -2.42. The molecule has 6 nitrogen and oxygen atoms in total. The first-order chi connectivity index (χ1) is 12.4. The van der Waals surface area contributed by atoms with Gasteiger partial charge in [0, 0.05) is 11.3 Å². The van der Waals surface area contributed by atoms with Gasteiger partial charge in [-0.25, -0.2) is 4.79 Å². The number of carbonyl (C=O) groups excluding carboxylic acids is 3. The fraction of sp³-hybridized carbons (Fsp3) is 0.250. The van der Waals surface area contributed by atoms with Crippen LogP contribution in [0.1, 0.15) is 29.8 Å². The molecule has 2 N–H and O–H groups in total. The van der Waals surface area contributed by atoms with Gasteiger partial charge < -0.3 is 15.4 Å². The highest BCUT2D eigenvalue weighted by Crippen LogP contribution is 2.10. The van der Waals surface area contributed by atoms with E-state index < -0.39 is 24.0 Å². The van der Waals surface area contributed by atoms with Crippen LogP contribution >= 0.6 is 0 Å². The van der Waals surface area contributed by atoms with Gasteiger partial charge in [0.15, 0.2) is 6.10 Å². The van der Waals surface area contributed by atoms with Crippen molar-refractivity contribution in [2.75, 3.05) is 5.32 Å². The molecule has 0 aliphatic heterocycles. The molecule has 0 fully saturated rings. The predicted molar refractivity (Wildman–Crippen MR) is 98.7 cm³/mol. The lowest BCUT2D eigenvalue weighted by Gasteiger charge is -2.17. The van der Waals surface area contributed by atoms with Crippen molar-refractivity contribution in [3.8, 4) is 0 Å². The van der Waals surface area contributed by atoms with E-state index in [0.717, 1.165) is 5.56 Å². The number of carbonyl (C=O) groups is 3. The van der Waals surface area contributed by atoms with Crippen LogP contribution in [0.2, 0.25) is 0 Å². The van der Waals surface area contributed by atoms with Gasteiger partial charge in [0.25, 0.3) is 11.8 Å². The number of hydrogen-bond acceptors (Lipinski definition) is 4. The first-order valence-corrected chi connectivity index (χ1v) is 8.30. The van der Waals surface area contributed by atoms with Crippen molar-refractivity contribution < 1.29 is 19.1 Å². The number of benzene rings is 2. The minimum absolute atomic E-state index is 0.383. The number of esters is 1. The standard InChI is InChI=1S/C20H22N2O4/c1-13-9-11-17(12-10-13)22-18(23)15(3)26-20(25)14(2)21-19(24)16-7-5-4-6-8-16/h4-12,14-15H,1-3H3,(H,21,24)(H,22,23)/t14-,15+/m0/s1. The third kappa shape index (κ3) is 5.44. The highest BCUT2D eigenvalue weighted by Gasteiger charge is 2.23. The molecule has 0 heterocycles. The Morgan fingerprint density at radius 3 is 2.15 bits per heavy atom. The highest BCUT2D eigenvalue weighted by molar-refractivity contribution is 5.98. The molecule has 2 aromatic rings. The van der Waals surface area contributed by atoms with Crippen molar-refractivity contribution in [2.45, 2.75) is 32.9 Å². The van der Waals surface area contributed by atoms with E-state index in [1.807, 2.05) is 19.1 Å². The van der Waals surface area contributed by atoms with Crippen LogP contribution in [-0.4, -0.2) is 29.9 Å². The highest BCUT2D eigenvalue weighted by atomic mass is 16.5. The molecule has 0 bridgehead atoms. The summed E-state index contributed by atoms with van der Waals surface area (Å²) in [6, 6.07) is 14.9. The van der Waals surface area contributed by atoms with Gasteiger partial charge in [-0.2, -0.15) is 0 Å². The quantitative estimate of drug-likeness (QED) is 0.781. The van der Waals surface area contributed by atoms with Gasteiger partial charge >= 0.3 is 5.97 Å². The van der Waals surface area contributed by atoms with E-state index in [2.05, 4.69) is 10.6 Å².